The first-order valence-corrected chi connectivity index (χ1v) is 13.9. The van der Waals surface area contributed by atoms with Crippen molar-refractivity contribution in [2.24, 2.45) is 5.92 Å². The Balaban J connectivity index is 1.31. The van der Waals surface area contributed by atoms with E-state index < -0.39 is 10.0 Å². The molecule has 1 aromatic carbocycles. The van der Waals surface area contributed by atoms with Crippen LogP contribution in [-0.4, -0.2) is 55.6 Å². The Labute approximate surface area is 203 Å². The second-order valence-electron chi connectivity index (χ2n) is 8.53. The number of hydrogen-bond donors (Lipinski definition) is 1. The van der Waals surface area contributed by atoms with Gasteiger partial charge in [0.15, 0.2) is 0 Å². The van der Waals surface area contributed by atoms with Gasteiger partial charge in [-0.05, 0) is 55.9 Å². The summed E-state index contributed by atoms with van der Waals surface area (Å²) in [6.07, 6.45) is 4.04. The van der Waals surface area contributed by atoms with Crippen LogP contribution in [0.25, 0.3) is 0 Å². The van der Waals surface area contributed by atoms with Gasteiger partial charge in [-0.15, -0.1) is 11.3 Å². The number of nitrogens with zero attached hydrogens (tertiary/aromatic N) is 2. The molecule has 0 saturated carbocycles. The van der Waals surface area contributed by atoms with Gasteiger partial charge in [0.25, 0.3) is 15.9 Å². The lowest BCUT2D eigenvalue weighted by atomic mass is 9.97. The summed E-state index contributed by atoms with van der Waals surface area (Å²) in [7, 11) is -3.68. The highest BCUT2D eigenvalue weighted by Crippen LogP contribution is 2.29. The van der Waals surface area contributed by atoms with Gasteiger partial charge >= 0.3 is 0 Å². The third kappa shape index (κ3) is 5.77. The molecule has 2 amide bonds. The molecular formula is C23H28ClN3O4S2. The second-order valence-corrected chi connectivity index (χ2v) is 12.0. The van der Waals surface area contributed by atoms with Crippen LogP contribution in [0.4, 0.5) is 0 Å². The maximum Gasteiger partial charge on any atom is 0.254 e. The molecule has 0 atom stereocenters. The maximum absolute atomic E-state index is 13.1. The van der Waals surface area contributed by atoms with Crippen LogP contribution in [0.15, 0.2) is 39.9 Å². The number of sulfonamides is 1. The van der Waals surface area contributed by atoms with E-state index in [1.165, 1.54) is 10.4 Å². The van der Waals surface area contributed by atoms with E-state index in [9.17, 15) is 18.0 Å². The molecule has 0 aliphatic carbocycles. The number of rotatable bonds is 6. The molecule has 3 heterocycles. The Kier molecular flexibility index (Phi) is 7.73. The van der Waals surface area contributed by atoms with Crippen LogP contribution in [0.5, 0.6) is 0 Å². The average Bonchev–Trinajstić information content (AvgIpc) is 3.35. The monoisotopic (exact) mass is 509 g/mol. The number of amides is 2. The van der Waals surface area contributed by atoms with Crippen molar-refractivity contribution in [1.82, 2.24) is 14.5 Å². The maximum atomic E-state index is 13.1. The Morgan fingerprint density at radius 1 is 1.03 bits per heavy atom. The van der Waals surface area contributed by atoms with Crippen molar-refractivity contribution in [1.29, 1.82) is 0 Å². The standard InChI is InChI=1S/C23H28ClN3O4S2/c24-20-6-4-17(5-7-20)15-25-22(28)18-8-12-27(13-9-18)33(30,31)21-14-19(16-32-21)23(29)26-10-2-1-3-11-26/h4-7,14,16,18H,1-3,8-13,15H2,(H,25,28). The molecule has 1 N–H and O–H groups in total. The minimum absolute atomic E-state index is 0.0625. The summed E-state index contributed by atoms with van der Waals surface area (Å²) < 4.78 is 27.8. The van der Waals surface area contributed by atoms with Crippen molar-refractivity contribution in [2.75, 3.05) is 26.2 Å². The van der Waals surface area contributed by atoms with Gasteiger partial charge in [-0.1, -0.05) is 23.7 Å². The van der Waals surface area contributed by atoms with E-state index in [1.54, 1.807) is 22.4 Å². The highest BCUT2D eigenvalue weighted by molar-refractivity contribution is 7.91. The van der Waals surface area contributed by atoms with Crippen LogP contribution < -0.4 is 5.32 Å². The third-order valence-electron chi connectivity index (χ3n) is 6.26. The number of carbonyl (C=O) groups is 2. The van der Waals surface area contributed by atoms with Crippen molar-refractivity contribution in [3.63, 3.8) is 0 Å². The van der Waals surface area contributed by atoms with Crippen LogP contribution >= 0.6 is 22.9 Å². The van der Waals surface area contributed by atoms with Gasteiger partial charge in [0.05, 0.1) is 5.56 Å². The van der Waals surface area contributed by atoms with Gasteiger partial charge in [0, 0.05) is 49.0 Å². The molecule has 0 bridgehead atoms. The van der Waals surface area contributed by atoms with Crippen LogP contribution in [-0.2, 0) is 21.4 Å². The minimum atomic E-state index is -3.68. The molecule has 0 unspecified atom stereocenters. The Morgan fingerprint density at radius 3 is 2.36 bits per heavy atom. The van der Waals surface area contributed by atoms with Gasteiger partial charge in [0.1, 0.15) is 4.21 Å². The predicted octanol–water partition coefficient (Wildman–Crippen LogP) is 3.74. The fourth-order valence-electron chi connectivity index (χ4n) is 4.26. The van der Waals surface area contributed by atoms with Crippen molar-refractivity contribution < 1.29 is 18.0 Å². The first-order valence-electron chi connectivity index (χ1n) is 11.2. The normalized spacial score (nSPS) is 18.3. The summed E-state index contributed by atoms with van der Waals surface area (Å²) in [5, 5.41) is 5.22. The molecule has 178 valence electrons. The summed E-state index contributed by atoms with van der Waals surface area (Å²) >= 11 is 6.97. The molecule has 7 nitrogen and oxygen atoms in total. The molecule has 0 spiro atoms. The molecule has 0 radical (unpaired) electrons. The molecule has 1 aromatic heterocycles. The number of nitrogens with one attached hydrogen (secondary N) is 1. The number of hydrogen-bond acceptors (Lipinski definition) is 5. The number of likely N-dealkylation sites (tertiary alicyclic amines) is 1. The van der Waals surface area contributed by atoms with Crippen LogP contribution in [0.3, 0.4) is 0 Å². The first kappa shape index (κ1) is 24.2. The van der Waals surface area contributed by atoms with E-state index in [-0.39, 0.29) is 35.0 Å². The average molecular weight is 510 g/mol. The molecule has 2 saturated heterocycles. The van der Waals surface area contributed by atoms with E-state index in [2.05, 4.69) is 5.32 Å². The summed E-state index contributed by atoms with van der Waals surface area (Å²) in [4.78, 5) is 27.0. The van der Waals surface area contributed by atoms with E-state index in [4.69, 9.17) is 11.6 Å². The van der Waals surface area contributed by atoms with Gasteiger partial charge in [-0.3, -0.25) is 9.59 Å². The SMILES string of the molecule is O=C(NCc1ccc(Cl)cc1)C1CCN(S(=O)(=O)c2cc(C(=O)N3CCCCC3)cs2)CC1. The highest BCUT2D eigenvalue weighted by Gasteiger charge is 2.33. The number of thiophene rings is 1. The van der Waals surface area contributed by atoms with Gasteiger partial charge < -0.3 is 10.2 Å². The molecular weight excluding hydrogens is 482 g/mol. The second kappa shape index (κ2) is 10.5. The zero-order valence-electron chi connectivity index (χ0n) is 18.3. The Bertz CT molecular complexity index is 1090. The van der Waals surface area contributed by atoms with Crippen LogP contribution in [0.2, 0.25) is 5.02 Å². The van der Waals surface area contributed by atoms with E-state index in [0.717, 1.165) is 49.3 Å². The van der Waals surface area contributed by atoms with E-state index in [1.807, 2.05) is 12.1 Å². The summed E-state index contributed by atoms with van der Waals surface area (Å²) in [6, 6.07) is 8.79. The molecule has 2 aliphatic rings. The molecule has 33 heavy (non-hydrogen) atoms. The fraction of sp³-hybridized carbons (Fsp3) is 0.478. The van der Waals surface area contributed by atoms with Gasteiger partial charge in [0.2, 0.25) is 5.91 Å². The largest absolute Gasteiger partial charge is 0.352 e. The molecule has 4 rings (SSSR count). The van der Waals surface area contributed by atoms with Crippen molar-refractivity contribution in [2.45, 2.75) is 42.9 Å². The summed E-state index contributed by atoms with van der Waals surface area (Å²) in [5.41, 5.74) is 1.40. The number of carbonyl (C=O) groups excluding carboxylic acids is 2. The topological polar surface area (TPSA) is 86.8 Å². The zero-order valence-corrected chi connectivity index (χ0v) is 20.7. The first-order chi connectivity index (χ1) is 15.8. The Hall–Kier alpha value is -1.94. The fourth-order valence-corrected chi connectivity index (χ4v) is 7.17. The van der Waals surface area contributed by atoms with Gasteiger partial charge in [-0.2, -0.15) is 4.31 Å². The minimum Gasteiger partial charge on any atom is -0.352 e. The molecule has 10 heteroatoms. The van der Waals surface area contributed by atoms with Crippen LogP contribution in [0, 0.1) is 5.92 Å². The smallest absolute Gasteiger partial charge is 0.254 e. The predicted molar refractivity (Wildman–Crippen MR) is 129 cm³/mol. The lowest BCUT2D eigenvalue weighted by Crippen LogP contribution is -2.42. The quantitative estimate of drug-likeness (QED) is 0.642. The molecule has 2 aliphatic heterocycles. The summed E-state index contributed by atoms with van der Waals surface area (Å²) in [6.45, 7) is 2.44. The molecule has 2 fully saturated rings. The Morgan fingerprint density at radius 2 is 1.70 bits per heavy atom. The van der Waals surface area contributed by atoms with E-state index in [0.29, 0.717) is 30.0 Å². The number of piperidine rings is 2. The summed E-state index contributed by atoms with van der Waals surface area (Å²) in [5.74, 6) is -0.376. The van der Waals surface area contributed by atoms with Crippen molar-refractivity contribution in [3.05, 3.63) is 51.9 Å². The lowest BCUT2D eigenvalue weighted by Gasteiger charge is -2.30. The zero-order chi connectivity index (χ0) is 23.4. The van der Waals surface area contributed by atoms with Crippen molar-refractivity contribution in [3.8, 4) is 0 Å². The molecule has 2 aromatic rings. The van der Waals surface area contributed by atoms with Gasteiger partial charge in [-0.25, -0.2) is 8.42 Å². The third-order valence-corrected chi connectivity index (χ3v) is 9.83. The van der Waals surface area contributed by atoms with Crippen LogP contribution in [0.1, 0.15) is 48.0 Å². The van der Waals surface area contributed by atoms with Crippen molar-refractivity contribution >= 4 is 44.8 Å². The lowest BCUT2D eigenvalue weighted by molar-refractivity contribution is -0.126. The van der Waals surface area contributed by atoms with E-state index >= 15 is 0 Å². The number of benzene rings is 1. The number of halogens is 1. The highest BCUT2D eigenvalue weighted by atomic mass is 35.5.